The number of anilines is 1. The zero-order valence-corrected chi connectivity index (χ0v) is 11.7. The Morgan fingerprint density at radius 2 is 2.24 bits per heavy atom. The van der Waals surface area contributed by atoms with E-state index in [-0.39, 0.29) is 5.82 Å². The lowest BCUT2D eigenvalue weighted by molar-refractivity contribution is -0.141. The molecule has 0 radical (unpaired) electrons. The molecule has 0 aliphatic carbocycles. The maximum absolute atomic E-state index is 12.5. The summed E-state index contributed by atoms with van der Waals surface area (Å²) in [6, 6.07) is 3.82. The number of rotatable bonds is 7. The fourth-order valence-electron chi connectivity index (χ4n) is 2.05. The molecule has 0 saturated carbocycles. The van der Waals surface area contributed by atoms with E-state index in [4.69, 9.17) is 9.47 Å². The van der Waals surface area contributed by atoms with Crippen molar-refractivity contribution in [2.24, 2.45) is 5.92 Å². The second-order valence-electron chi connectivity index (χ2n) is 4.99. The molecule has 1 aromatic heterocycles. The van der Waals surface area contributed by atoms with Gasteiger partial charge in [0.25, 0.3) is 0 Å². The molecule has 1 aliphatic rings. The SMILES string of the molecule is FC(F)(F)c1cccc(NCCCOC[C@H]2CCOC2)n1. The molecular formula is C14H19F3N2O2. The summed E-state index contributed by atoms with van der Waals surface area (Å²) in [4.78, 5) is 3.53. The van der Waals surface area contributed by atoms with Crippen molar-refractivity contribution < 1.29 is 22.6 Å². The van der Waals surface area contributed by atoms with Crippen molar-refractivity contribution in [3.63, 3.8) is 0 Å². The quantitative estimate of drug-likeness (QED) is 0.787. The van der Waals surface area contributed by atoms with Gasteiger partial charge < -0.3 is 14.8 Å². The molecule has 2 heterocycles. The van der Waals surface area contributed by atoms with Gasteiger partial charge in [0.15, 0.2) is 0 Å². The van der Waals surface area contributed by atoms with Crippen molar-refractivity contribution in [2.75, 3.05) is 38.3 Å². The highest BCUT2D eigenvalue weighted by molar-refractivity contribution is 5.35. The van der Waals surface area contributed by atoms with Gasteiger partial charge in [-0.1, -0.05) is 6.07 Å². The van der Waals surface area contributed by atoms with Crippen molar-refractivity contribution in [2.45, 2.75) is 19.0 Å². The number of nitrogens with zero attached hydrogens (tertiary/aromatic N) is 1. The summed E-state index contributed by atoms with van der Waals surface area (Å²) in [6.45, 7) is 3.34. The lowest BCUT2D eigenvalue weighted by Crippen LogP contribution is -2.13. The number of nitrogens with one attached hydrogen (secondary N) is 1. The molecule has 0 bridgehead atoms. The molecular weight excluding hydrogens is 285 g/mol. The van der Waals surface area contributed by atoms with Gasteiger partial charge in [-0.25, -0.2) is 4.98 Å². The lowest BCUT2D eigenvalue weighted by Gasteiger charge is -2.10. The first-order chi connectivity index (χ1) is 10.1. The van der Waals surface area contributed by atoms with E-state index in [1.165, 1.54) is 12.1 Å². The van der Waals surface area contributed by atoms with Gasteiger partial charge in [0.1, 0.15) is 11.5 Å². The first kappa shape index (κ1) is 16.0. The number of aromatic nitrogens is 1. The van der Waals surface area contributed by atoms with Crippen molar-refractivity contribution >= 4 is 5.82 Å². The van der Waals surface area contributed by atoms with Gasteiger partial charge in [-0.15, -0.1) is 0 Å². The Morgan fingerprint density at radius 3 is 2.95 bits per heavy atom. The minimum Gasteiger partial charge on any atom is -0.381 e. The van der Waals surface area contributed by atoms with Gasteiger partial charge >= 0.3 is 6.18 Å². The van der Waals surface area contributed by atoms with Gasteiger partial charge in [-0.3, -0.25) is 0 Å². The summed E-state index contributed by atoms with van der Waals surface area (Å²) < 4.78 is 48.2. The number of hydrogen-bond donors (Lipinski definition) is 1. The van der Waals surface area contributed by atoms with E-state index in [2.05, 4.69) is 10.3 Å². The average molecular weight is 304 g/mol. The van der Waals surface area contributed by atoms with Crippen LogP contribution in [0.4, 0.5) is 19.0 Å². The van der Waals surface area contributed by atoms with Crippen LogP contribution in [0.1, 0.15) is 18.5 Å². The van der Waals surface area contributed by atoms with Crippen molar-refractivity contribution in [1.29, 1.82) is 0 Å². The third-order valence-corrected chi connectivity index (χ3v) is 3.19. The zero-order chi connectivity index (χ0) is 15.1. The smallest absolute Gasteiger partial charge is 0.381 e. The van der Waals surface area contributed by atoms with E-state index in [0.717, 1.165) is 25.7 Å². The Morgan fingerprint density at radius 1 is 1.38 bits per heavy atom. The fraction of sp³-hybridized carbons (Fsp3) is 0.643. The number of hydrogen-bond acceptors (Lipinski definition) is 4. The summed E-state index contributed by atoms with van der Waals surface area (Å²) in [5.41, 5.74) is -0.884. The highest BCUT2D eigenvalue weighted by Crippen LogP contribution is 2.28. The molecule has 0 spiro atoms. The molecule has 1 aromatic rings. The van der Waals surface area contributed by atoms with Crippen LogP contribution in [-0.2, 0) is 15.7 Å². The van der Waals surface area contributed by atoms with E-state index in [9.17, 15) is 13.2 Å². The Hall–Kier alpha value is -1.34. The van der Waals surface area contributed by atoms with Crippen LogP contribution in [0.5, 0.6) is 0 Å². The maximum atomic E-state index is 12.5. The number of halogens is 3. The van der Waals surface area contributed by atoms with Crippen LogP contribution in [0.2, 0.25) is 0 Å². The van der Waals surface area contributed by atoms with E-state index >= 15 is 0 Å². The van der Waals surface area contributed by atoms with Crippen LogP contribution in [0.25, 0.3) is 0 Å². The Labute approximate surface area is 121 Å². The molecule has 1 saturated heterocycles. The van der Waals surface area contributed by atoms with Gasteiger partial charge in [0.05, 0.1) is 13.2 Å². The van der Waals surface area contributed by atoms with E-state index in [0.29, 0.717) is 32.1 Å². The second-order valence-corrected chi connectivity index (χ2v) is 4.99. The molecule has 4 nitrogen and oxygen atoms in total. The van der Waals surface area contributed by atoms with E-state index < -0.39 is 11.9 Å². The van der Waals surface area contributed by atoms with Gasteiger partial charge in [0, 0.05) is 25.7 Å². The van der Waals surface area contributed by atoms with E-state index in [1.54, 1.807) is 0 Å². The van der Waals surface area contributed by atoms with Crippen molar-refractivity contribution in [1.82, 2.24) is 4.98 Å². The lowest BCUT2D eigenvalue weighted by atomic mass is 10.1. The first-order valence-corrected chi connectivity index (χ1v) is 6.99. The normalized spacial score (nSPS) is 18.9. The molecule has 1 fully saturated rings. The highest BCUT2D eigenvalue weighted by Gasteiger charge is 2.32. The topological polar surface area (TPSA) is 43.4 Å². The molecule has 0 aromatic carbocycles. The molecule has 1 N–H and O–H groups in total. The Bertz CT molecular complexity index is 434. The molecule has 21 heavy (non-hydrogen) atoms. The standard InChI is InChI=1S/C14H19F3N2O2/c15-14(16,17)12-3-1-4-13(19-12)18-6-2-7-20-9-11-5-8-21-10-11/h1,3-4,11H,2,5-10H2,(H,18,19)/t11-/m1/s1. The second kappa shape index (κ2) is 7.61. The molecule has 2 rings (SSSR count). The molecule has 1 atom stereocenters. The molecule has 7 heteroatoms. The van der Waals surface area contributed by atoms with Crippen LogP contribution >= 0.6 is 0 Å². The molecule has 0 unspecified atom stereocenters. The van der Waals surface area contributed by atoms with Crippen LogP contribution in [0.15, 0.2) is 18.2 Å². The van der Waals surface area contributed by atoms with Gasteiger partial charge in [0.2, 0.25) is 0 Å². The minimum absolute atomic E-state index is 0.231. The first-order valence-electron chi connectivity index (χ1n) is 6.99. The highest BCUT2D eigenvalue weighted by atomic mass is 19.4. The zero-order valence-electron chi connectivity index (χ0n) is 11.7. The molecule has 1 aliphatic heterocycles. The Balaban J connectivity index is 1.62. The summed E-state index contributed by atoms with van der Waals surface area (Å²) >= 11 is 0. The summed E-state index contributed by atoms with van der Waals surface area (Å²) in [7, 11) is 0. The van der Waals surface area contributed by atoms with Gasteiger partial charge in [-0.2, -0.15) is 13.2 Å². The number of pyridine rings is 1. The summed E-state index contributed by atoms with van der Waals surface area (Å²) in [5.74, 6) is 0.706. The predicted octanol–water partition coefficient (Wildman–Crippen LogP) is 2.96. The summed E-state index contributed by atoms with van der Waals surface area (Å²) in [5, 5.41) is 2.87. The van der Waals surface area contributed by atoms with Crippen molar-refractivity contribution in [3.05, 3.63) is 23.9 Å². The van der Waals surface area contributed by atoms with Gasteiger partial charge in [-0.05, 0) is 25.0 Å². The van der Waals surface area contributed by atoms with Crippen LogP contribution in [-0.4, -0.2) is 38.0 Å². The summed E-state index contributed by atoms with van der Waals surface area (Å²) in [6.07, 6.45) is -2.66. The maximum Gasteiger partial charge on any atom is 0.433 e. The number of alkyl halides is 3. The predicted molar refractivity (Wildman–Crippen MR) is 72.1 cm³/mol. The molecule has 0 amide bonds. The monoisotopic (exact) mass is 304 g/mol. The number of ether oxygens (including phenoxy) is 2. The average Bonchev–Trinajstić information content (AvgIpc) is 2.95. The van der Waals surface area contributed by atoms with E-state index in [1.807, 2.05) is 0 Å². The molecule has 118 valence electrons. The Kier molecular flexibility index (Phi) is 5.81. The van der Waals surface area contributed by atoms with Crippen LogP contribution < -0.4 is 5.32 Å². The largest absolute Gasteiger partial charge is 0.433 e. The third kappa shape index (κ3) is 5.51. The van der Waals surface area contributed by atoms with Crippen LogP contribution in [0, 0.1) is 5.92 Å². The fourth-order valence-corrected chi connectivity index (χ4v) is 2.05. The van der Waals surface area contributed by atoms with Crippen molar-refractivity contribution in [3.8, 4) is 0 Å². The third-order valence-electron chi connectivity index (χ3n) is 3.19. The van der Waals surface area contributed by atoms with Crippen LogP contribution in [0.3, 0.4) is 0 Å². The minimum atomic E-state index is -4.41.